The molecule has 0 spiro atoms. The van der Waals surface area contributed by atoms with Crippen LogP contribution in [0.15, 0.2) is 55.0 Å². The maximum atomic E-state index is 13.0. The van der Waals surface area contributed by atoms with E-state index in [1.165, 1.54) is 0 Å². The predicted octanol–water partition coefficient (Wildman–Crippen LogP) is 2.21. The molecule has 1 amide bonds. The van der Waals surface area contributed by atoms with Gasteiger partial charge in [0, 0.05) is 43.8 Å². The van der Waals surface area contributed by atoms with Crippen LogP contribution in [0.5, 0.6) is 0 Å². The topological polar surface area (TPSA) is 106 Å². The molecule has 9 nitrogen and oxygen atoms in total. The molecule has 0 aliphatic carbocycles. The molecule has 1 aliphatic heterocycles. The Morgan fingerprint density at radius 1 is 1.00 bits per heavy atom. The molecular weight excluding hydrogens is 404 g/mol. The van der Waals surface area contributed by atoms with Crippen LogP contribution >= 0.6 is 0 Å². The number of rotatable bonds is 3. The Balaban J connectivity index is 1.46. The Hall–Kier alpha value is -3.85. The lowest BCUT2D eigenvalue weighted by atomic mass is 10.2. The molecule has 0 aromatic carbocycles. The van der Waals surface area contributed by atoms with E-state index < -0.39 is 0 Å². The van der Waals surface area contributed by atoms with Gasteiger partial charge in [0.15, 0.2) is 11.5 Å². The first-order valence-electron chi connectivity index (χ1n) is 10.6. The van der Waals surface area contributed by atoms with Gasteiger partial charge in [-0.2, -0.15) is 0 Å². The summed E-state index contributed by atoms with van der Waals surface area (Å²) in [6.07, 6.45) is 6.21. The predicted molar refractivity (Wildman–Crippen MR) is 122 cm³/mol. The summed E-state index contributed by atoms with van der Waals surface area (Å²) in [7, 11) is 2.08. The fraction of sp³-hybridized carbons (Fsp3) is 0.261. The molecule has 0 radical (unpaired) electrons. The molecule has 4 aromatic rings. The smallest absolute Gasteiger partial charge is 0.272 e. The summed E-state index contributed by atoms with van der Waals surface area (Å²) >= 11 is 0. The van der Waals surface area contributed by atoms with Gasteiger partial charge in [0.1, 0.15) is 5.69 Å². The summed E-state index contributed by atoms with van der Waals surface area (Å²) in [5.41, 5.74) is 10.0. The number of likely N-dealkylation sites (N-methyl/N-ethyl adjacent to an activating group) is 1. The quantitative estimate of drug-likeness (QED) is 0.533. The molecule has 162 valence electrons. The largest absolute Gasteiger partial charge is 0.382 e. The van der Waals surface area contributed by atoms with Gasteiger partial charge >= 0.3 is 0 Å². The highest BCUT2D eigenvalue weighted by Crippen LogP contribution is 2.28. The highest BCUT2D eigenvalue weighted by Gasteiger charge is 2.21. The minimum absolute atomic E-state index is 0.0445. The standard InChI is InChI=1S/C23H24N8O/c1-29-10-5-11-30(13-12-29)23(32)19-8-4-7-17(27-19)16-14-26-22-20(18-6-2-3-9-25-18)21(24)28-31(22)15-16/h2-4,6-9,14-15H,5,10-13H2,1H3,(H2,24,28). The van der Waals surface area contributed by atoms with Gasteiger partial charge in [-0.05, 0) is 44.3 Å². The van der Waals surface area contributed by atoms with Crippen LogP contribution < -0.4 is 5.73 Å². The Labute approximate surface area is 185 Å². The number of nitrogens with zero attached hydrogens (tertiary/aromatic N) is 7. The van der Waals surface area contributed by atoms with Crippen molar-refractivity contribution in [3.05, 3.63) is 60.7 Å². The number of hydrogen-bond acceptors (Lipinski definition) is 7. The number of amides is 1. The fourth-order valence-corrected chi connectivity index (χ4v) is 3.97. The summed E-state index contributed by atoms with van der Waals surface area (Å²) in [4.78, 5) is 30.8. The fourth-order valence-electron chi connectivity index (χ4n) is 3.97. The Bertz CT molecular complexity index is 1270. The first-order chi connectivity index (χ1) is 15.6. The monoisotopic (exact) mass is 428 g/mol. The molecule has 5 heterocycles. The van der Waals surface area contributed by atoms with Gasteiger partial charge < -0.3 is 15.5 Å². The Morgan fingerprint density at radius 3 is 2.72 bits per heavy atom. The van der Waals surface area contributed by atoms with Crippen LogP contribution in [-0.4, -0.2) is 73.5 Å². The molecule has 0 atom stereocenters. The number of fused-ring (bicyclic) bond motifs is 1. The maximum Gasteiger partial charge on any atom is 0.272 e. The van der Waals surface area contributed by atoms with Gasteiger partial charge in [-0.25, -0.2) is 14.5 Å². The second kappa shape index (κ2) is 8.35. The normalized spacial score (nSPS) is 15.1. The van der Waals surface area contributed by atoms with Crippen molar-refractivity contribution >= 4 is 17.4 Å². The van der Waals surface area contributed by atoms with Gasteiger partial charge in [0.25, 0.3) is 5.91 Å². The molecule has 5 rings (SSSR count). The van der Waals surface area contributed by atoms with Crippen molar-refractivity contribution in [3.63, 3.8) is 0 Å². The average Bonchev–Trinajstić information content (AvgIpc) is 3.00. The third-order valence-electron chi connectivity index (χ3n) is 5.69. The van der Waals surface area contributed by atoms with Crippen LogP contribution in [0.1, 0.15) is 16.9 Å². The van der Waals surface area contributed by atoms with E-state index in [2.05, 4.69) is 32.0 Å². The number of nitrogen functional groups attached to an aromatic ring is 1. The van der Waals surface area contributed by atoms with Crippen molar-refractivity contribution < 1.29 is 4.79 Å². The number of carbonyl (C=O) groups is 1. The number of aromatic nitrogens is 5. The van der Waals surface area contributed by atoms with Crippen LogP contribution in [0.3, 0.4) is 0 Å². The Morgan fingerprint density at radius 2 is 1.88 bits per heavy atom. The third kappa shape index (κ3) is 3.78. The van der Waals surface area contributed by atoms with Crippen molar-refractivity contribution in [2.24, 2.45) is 0 Å². The van der Waals surface area contributed by atoms with Crippen LogP contribution in [0.25, 0.3) is 28.2 Å². The number of carbonyl (C=O) groups excluding carboxylic acids is 1. The lowest BCUT2D eigenvalue weighted by Crippen LogP contribution is -2.35. The summed E-state index contributed by atoms with van der Waals surface area (Å²) in [6.45, 7) is 3.31. The van der Waals surface area contributed by atoms with Crippen LogP contribution in [-0.2, 0) is 0 Å². The lowest BCUT2D eigenvalue weighted by molar-refractivity contribution is 0.0757. The first-order valence-corrected chi connectivity index (χ1v) is 10.6. The molecule has 4 aromatic heterocycles. The molecule has 0 saturated carbocycles. The molecule has 32 heavy (non-hydrogen) atoms. The summed E-state index contributed by atoms with van der Waals surface area (Å²) in [5.74, 6) is 0.313. The SMILES string of the molecule is CN1CCCN(C(=O)c2cccc(-c3cnc4c(-c5ccccn5)c(N)nn4c3)n2)CC1. The van der Waals surface area contributed by atoms with Crippen molar-refractivity contribution in [1.82, 2.24) is 34.4 Å². The van der Waals surface area contributed by atoms with E-state index in [1.54, 1.807) is 23.0 Å². The van der Waals surface area contributed by atoms with E-state index in [9.17, 15) is 4.79 Å². The Kier molecular flexibility index (Phi) is 5.24. The number of pyridine rings is 2. The van der Waals surface area contributed by atoms with E-state index in [-0.39, 0.29) is 5.91 Å². The molecule has 1 fully saturated rings. The molecule has 0 bridgehead atoms. The molecule has 1 saturated heterocycles. The van der Waals surface area contributed by atoms with Crippen LogP contribution in [0.2, 0.25) is 0 Å². The molecule has 0 unspecified atom stereocenters. The van der Waals surface area contributed by atoms with Crippen molar-refractivity contribution in [2.75, 3.05) is 39.0 Å². The molecular formula is C23H24N8O. The molecule has 9 heteroatoms. The van der Waals surface area contributed by atoms with Gasteiger partial charge in [-0.3, -0.25) is 9.78 Å². The van der Waals surface area contributed by atoms with Crippen molar-refractivity contribution in [1.29, 1.82) is 0 Å². The zero-order valence-electron chi connectivity index (χ0n) is 17.8. The van der Waals surface area contributed by atoms with E-state index in [0.29, 0.717) is 40.7 Å². The second-order valence-corrected chi connectivity index (χ2v) is 7.94. The highest BCUT2D eigenvalue weighted by molar-refractivity contribution is 5.93. The van der Waals surface area contributed by atoms with Gasteiger partial charge in [0.2, 0.25) is 0 Å². The number of hydrogen-bond donors (Lipinski definition) is 1. The number of nitrogens with two attached hydrogens (primary N) is 1. The van der Waals surface area contributed by atoms with Crippen molar-refractivity contribution in [2.45, 2.75) is 6.42 Å². The van der Waals surface area contributed by atoms with Crippen LogP contribution in [0, 0.1) is 0 Å². The van der Waals surface area contributed by atoms with E-state index >= 15 is 0 Å². The summed E-state index contributed by atoms with van der Waals surface area (Å²) in [5, 5.41) is 4.41. The minimum Gasteiger partial charge on any atom is -0.382 e. The minimum atomic E-state index is -0.0445. The van der Waals surface area contributed by atoms with Gasteiger partial charge in [-0.1, -0.05) is 12.1 Å². The zero-order valence-corrected chi connectivity index (χ0v) is 17.8. The third-order valence-corrected chi connectivity index (χ3v) is 5.69. The number of anilines is 1. The summed E-state index contributed by atoms with van der Waals surface area (Å²) in [6, 6.07) is 11.1. The van der Waals surface area contributed by atoms with E-state index in [1.807, 2.05) is 41.4 Å². The van der Waals surface area contributed by atoms with E-state index in [4.69, 9.17) is 5.73 Å². The first kappa shape index (κ1) is 20.1. The van der Waals surface area contributed by atoms with E-state index in [0.717, 1.165) is 31.6 Å². The van der Waals surface area contributed by atoms with Crippen LogP contribution in [0.4, 0.5) is 5.82 Å². The lowest BCUT2D eigenvalue weighted by Gasteiger charge is -2.20. The average molecular weight is 429 g/mol. The highest BCUT2D eigenvalue weighted by atomic mass is 16.2. The molecule has 1 aliphatic rings. The molecule has 2 N–H and O–H groups in total. The summed E-state index contributed by atoms with van der Waals surface area (Å²) < 4.78 is 1.63. The van der Waals surface area contributed by atoms with Gasteiger partial charge in [0.05, 0.1) is 17.0 Å². The zero-order chi connectivity index (χ0) is 22.1. The maximum absolute atomic E-state index is 13.0. The van der Waals surface area contributed by atoms with Gasteiger partial charge in [-0.15, -0.1) is 5.10 Å². The second-order valence-electron chi connectivity index (χ2n) is 7.94. The van der Waals surface area contributed by atoms with Crippen molar-refractivity contribution in [3.8, 4) is 22.5 Å².